The number of ketones is 1. The zero-order valence-electron chi connectivity index (χ0n) is 11.4. The molecule has 0 fully saturated rings. The van der Waals surface area contributed by atoms with Crippen molar-refractivity contribution in [1.29, 1.82) is 0 Å². The molecule has 0 aliphatic carbocycles. The van der Waals surface area contributed by atoms with Gasteiger partial charge in [-0.3, -0.25) is 4.79 Å². The number of hydrogen-bond donors (Lipinski definition) is 0. The van der Waals surface area contributed by atoms with Crippen LogP contribution in [0, 0.1) is 0 Å². The summed E-state index contributed by atoms with van der Waals surface area (Å²) in [4.78, 5) is 16.7. The zero-order chi connectivity index (χ0) is 13.9. The van der Waals surface area contributed by atoms with E-state index in [1.165, 1.54) is 0 Å². The number of fused-ring (bicyclic) bond motifs is 1. The van der Waals surface area contributed by atoms with Gasteiger partial charge in [0.2, 0.25) is 0 Å². The SMILES string of the molecule is Cn1c(CCC(=O)c2ccccc2)nc2ccccc21. The first-order chi connectivity index (χ1) is 9.75. The van der Waals surface area contributed by atoms with Gasteiger partial charge in [0, 0.05) is 25.5 Å². The second-order valence-corrected chi connectivity index (χ2v) is 4.86. The minimum Gasteiger partial charge on any atom is -0.331 e. The highest BCUT2D eigenvalue weighted by Crippen LogP contribution is 2.16. The number of carbonyl (C=O) groups is 1. The largest absolute Gasteiger partial charge is 0.331 e. The molecule has 0 bridgehead atoms. The van der Waals surface area contributed by atoms with Crippen molar-refractivity contribution in [2.24, 2.45) is 7.05 Å². The topological polar surface area (TPSA) is 34.9 Å². The number of para-hydroxylation sites is 2. The van der Waals surface area contributed by atoms with E-state index in [0.29, 0.717) is 12.8 Å². The monoisotopic (exact) mass is 264 g/mol. The van der Waals surface area contributed by atoms with E-state index in [1.54, 1.807) is 0 Å². The summed E-state index contributed by atoms with van der Waals surface area (Å²) in [6, 6.07) is 17.4. The third kappa shape index (κ3) is 2.35. The van der Waals surface area contributed by atoms with E-state index in [9.17, 15) is 4.79 Å². The fraction of sp³-hybridized carbons (Fsp3) is 0.176. The Labute approximate surface area is 117 Å². The van der Waals surface area contributed by atoms with Crippen LogP contribution in [0.3, 0.4) is 0 Å². The number of imidazole rings is 1. The van der Waals surface area contributed by atoms with Crippen LogP contribution in [0.1, 0.15) is 22.6 Å². The first-order valence-electron chi connectivity index (χ1n) is 6.74. The summed E-state index contributed by atoms with van der Waals surface area (Å²) >= 11 is 0. The third-order valence-corrected chi connectivity index (χ3v) is 3.55. The molecular weight excluding hydrogens is 248 g/mol. The van der Waals surface area contributed by atoms with Crippen molar-refractivity contribution in [3.05, 3.63) is 66.0 Å². The lowest BCUT2D eigenvalue weighted by atomic mass is 10.1. The summed E-state index contributed by atoms with van der Waals surface area (Å²) in [7, 11) is 2.00. The minimum atomic E-state index is 0.164. The number of Topliss-reactive ketones (excluding diaryl/α,β-unsaturated/α-hetero) is 1. The molecule has 3 rings (SSSR count). The summed E-state index contributed by atoms with van der Waals surface area (Å²) < 4.78 is 2.06. The van der Waals surface area contributed by atoms with Crippen LogP contribution in [-0.4, -0.2) is 15.3 Å². The highest BCUT2D eigenvalue weighted by molar-refractivity contribution is 5.96. The standard InChI is InChI=1S/C17H16N2O/c1-19-15-10-6-5-9-14(15)18-17(19)12-11-16(20)13-7-3-2-4-8-13/h2-10H,11-12H2,1H3. The number of benzene rings is 2. The normalized spacial score (nSPS) is 10.8. The molecular formula is C17H16N2O. The van der Waals surface area contributed by atoms with Crippen LogP contribution in [0.15, 0.2) is 54.6 Å². The molecule has 0 amide bonds. The number of aryl methyl sites for hydroxylation is 2. The number of aromatic nitrogens is 2. The molecule has 0 aliphatic rings. The highest BCUT2D eigenvalue weighted by Gasteiger charge is 2.10. The first-order valence-corrected chi connectivity index (χ1v) is 6.74. The molecule has 0 saturated carbocycles. The van der Waals surface area contributed by atoms with Gasteiger partial charge in [-0.2, -0.15) is 0 Å². The molecule has 1 aromatic heterocycles. The minimum absolute atomic E-state index is 0.164. The van der Waals surface area contributed by atoms with E-state index in [-0.39, 0.29) is 5.78 Å². The summed E-state index contributed by atoms with van der Waals surface area (Å²) in [5, 5.41) is 0. The van der Waals surface area contributed by atoms with E-state index in [2.05, 4.69) is 9.55 Å². The van der Waals surface area contributed by atoms with E-state index in [0.717, 1.165) is 22.4 Å². The molecule has 3 nitrogen and oxygen atoms in total. The average molecular weight is 264 g/mol. The van der Waals surface area contributed by atoms with E-state index in [1.807, 2.05) is 61.6 Å². The molecule has 0 saturated heterocycles. The summed E-state index contributed by atoms with van der Waals surface area (Å²) in [5.41, 5.74) is 2.86. The van der Waals surface area contributed by atoms with Crippen molar-refractivity contribution in [1.82, 2.24) is 9.55 Å². The maximum Gasteiger partial charge on any atom is 0.163 e. The Hall–Kier alpha value is -2.42. The molecule has 0 radical (unpaired) electrons. The van der Waals surface area contributed by atoms with Crippen LogP contribution in [0.5, 0.6) is 0 Å². The van der Waals surface area contributed by atoms with Gasteiger partial charge in [0.15, 0.2) is 5.78 Å². The van der Waals surface area contributed by atoms with Crippen molar-refractivity contribution in [2.75, 3.05) is 0 Å². The Bertz CT molecular complexity index is 744. The Morgan fingerprint density at radius 3 is 2.50 bits per heavy atom. The number of carbonyl (C=O) groups excluding carboxylic acids is 1. The number of nitrogens with zero attached hydrogens (tertiary/aromatic N) is 2. The maximum absolute atomic E-state index is 12.1. The molecule has 0 unspecified atom stereocenters. The van der Waals surface area contributed by atoms with Crippen molar-refractivity contribution < 1.29 is 4.79 Å². The van der Waals surface area contributed by atoms with Crippen LogP contribution in [0.25, 0.3) is 11.0 Å². The number of rotatable bonds is 4. The fourth-order valence-electron chi connectivity index (χ4n) is 2.41. The van der Waals surface area contributed by atoms with Crippen molar-refractivity contribution in [3.8, 4) is 0 Å². The summed E-state index contributed by atoms with van der Waals surface area (Å²) in [5.74, 6) is 1.12. The Morgan fingerprint density at radius 1 is 1.05 bits per heavy atom. The van der Waals surface area contributed by atoms with Gasteiger partial charge in [-0.1, -0.05) is 42.5 Å². The van der Waals surface area contributed by atoms with Gasteiger partial charge < -0.3 is 4.57 Å². The molecule has 3 aromatic rings. The number of hydrogen-bond acceptors (Lipinski definition) is 2. The van der Waals surface area contributed by atoms with Gasteiger partial charge >= 0.3 is 0 Å². The lowest BCUT2D eigenvalue weighted by Crippen LogP contribution is -2.04. The lowest BCUT2D eigenvalue weighted by molar-refractivity contribution is 0.0982. The Kier molecular flexibility index (Phi) is 3.33. The summed E-state index contributed by atoms with van der Waals surface area (Å²) in [6.07, 6.45) is 1.15. The van der Waals surface area contributed by atoms with Gasteiger partial charge in [-0.15, -0.1) is 0 Å². The quantitative estimate of drug-likeness (QED) is 0.677. The van der Waals surface area contributed by atoms with E-state index >= 15 is 0 Å². The van der Waals surface area contributed by atoms with Crippen LogP contribution < -0.4 is 0 Å². The Morgan fingerprint density at radius 2 is 1.75 bits per heavy atom. The second kappa shape index (κ2) is 5.29. The summed E-state index contributed by atoms with van der Waals surface area (Å²) in [6.45, 7) is 0. The highest BCUT2D eigenvalue weighted by atomic mass is 16.1. The molecule has 100 valence electrons. The van der Waals surface area contributed by atoms with Gasteiger partial charge in [0.25, 0.3) is 0 Å². The van der Waals surface area contributed by atoms with E-state index < -0.39 is 0 Å². The Balaban J connectivity index is 1.77. The van der Waals surface area contributed by atoms with Crippen LogP contribution in [0.4, 0.5) is 0 Å². The second-order valence-electron chi connectivity index (χ2n) is 4.86. The van der Waals surface area contributed by atoms with Gasteiger partial charge in [-0.05, 0) is 12.1 Å². The smallest absolute Gasteiger partial charge is 0.163 e. The van der Waals surface area contributed by atoms with Crippen molar-refractivity contribution in [2.45, 2.75) is 12.8 Å². The van der Waals surface area contributed by atoms with Crippen molar-refractivity contribution in [3.63, 3.8) is 0 Å². The van der Waals surface area contributed by atoms with Crippen LogP contribution >= 0.6 is 0 Å². The molecule has 0 aliphatic heterocycles. The predicted octanol–water partition coefficient (Wildman–Crippen LogP) is 3.39. The maximum atomic E-state index is 12.1. The third-order valence-electron chi connectivity index (χ3n) is 3.55. The fourth-order valence-corrected chi connectivity index (χ4v) is 2.41. The predicted molar refractivity (Wildman–Crippen MR) is 79.8 cm³/mol. The van der Waals surface area contributed by atoms with Crippen LogP contribution in [0.2, 0.25) is 0 Å². The zero-order valence-corrected chi connectivity index (χ0v) is 11.4. The molecule has 0 atom stereocenters. The van der Waals surface area contributed by atoms with Gasteiger partial charge in [-0.25, -0.2) is 4.98 Å². The van der Waals surface area contributed by atoms with Gasteiger partial charge in [0.05, 0.1) is 11.0 Å². The molecule has 1 heterocycles. The molecule has 20 heavy (non-hydrogen) atoms. The molecule has 3 heteroatoms. The van der Waals surface area contributed by atoms with Gasteiger partial charge in [0.1, 0.15) is 5.82 Å². The van der Waals surface area contributed by atoms with Crippen LogP contribution in [-0.2, 0) is 13.5 Å². The molecule has 0 N–H and O–H groups in total. The first kappa shape index (κ1) is 12.6. The average Bonchev–Trinajstić information content (AvgIpc) is 2.83. The molecule has 2 aromatic carbocycles. The van der Waals surface area contributed by atoms with Crippen molar-refractivity contribution >= 4 is 16.8 Å². The lowest BCUT2D eigenvalue weighted by Gasteiger charge is -2.02. The molecule has 0 spiro atoms. The van der Waals surface area contributed by atoms with E-state index in [4.69, 9.17) is 0 Å².